The van der Waals surface area contributed by atoms with Gasteiger partial charge in [0.15, 0.2) is 0 Å². The van der Waals surface area contributed by atoms with Crippen LogP contribution in [0.4, 0.5) is 8.78 Å². The number of hydrogen-bond acceptors (Lipinski definition) is 4. The number of aromatic nitrogens is 3. The topological polar surface area (TPSA) is 71.2 Å². The first kappa shape index (κ1) is 15.5. The Balaban J connectivity index is 1.76. The SMILES string of the molecule is O=C(CCn1ccnn1)N1CC(O)CC1c1cc(F)ccc1F. The zero-order valence-corrected chi connectivity index (χ0v) is 12.3. The first-order valence-electron chi connectivity index (χ1n) is 7.31. The Labute approximate surface area is 131 Å². The van der Waals surface area contributed by atoms with Crippen LogP contribution in [-0.4, -0.2) is 43.6 Å². The summed E-state index contributed by atoms with van der Waals surface area (Å²) in [5, 5.41) is 17.3. The van der Waals surface area contributed by atoms with Crippen LogP contribution in [0.25, 0.3) is 0 Å². The van der Waals surface area contributed by atoms with Crippen LogP contribution >= 0.6 is 0 Å². The smallest absolute Gasteiger partial charge is 0.225 e. The lowest BCUT2D eigenvalue weighted by molar-refractivity contribution is -0.132. The third-order valence-electron chi connectivity index (χ3n) is 3.94. The van der Waals surface area contributed by atoms with Crippen LogP contribution in [0, 0.1) is 11.6 Å². The van der Waals surface area contributed by atoms with E-state index >= 15 is 0 Å². The Morgan fingerprint density at radius 2 is 2.22 bits per heavy atom. The lowest BCUT2D eigenvalue weighted by atomic mass is 10.0. The van der Waals surface area contributed by atoms with E-state index in [9.17, 15) is 18.7 Å². The zero-order valence-electron chi connectivity index (χ0n) is 12.3. The number of β-amino-alcohol motifs (C(OH)–C–C–N with tert-alkyl or cyclic N) is 1. The van der Waals surface area contributed by atoms with Crippen molar-refractivity contribution >= 4 is 5.91 Å². The highest BCUT2D eigenvalue weighted by molar-refractivity contribution is 5.77. The van der Waals surface area contributed by atoms with Crippen molar-refractivity contribution in [2.45, 2.75) is 31.5 Å². The van der Waals surface area contributed by atoms with Gasteiger partial charge in [0, 0.05) is 24.7 Å². The summed E-state index contributed by atoms with van der Waals surface area (Å²) in [7, 11) is 0. The van der Waals surface area contributed by atoms with Gasteiger partial charge in [-0.05, 0) is 24.6 Å². The summed E-state index contributed by atoms with van der Waals surface area (Å²) in [6, 6.07) is 2.48. The van der Waals surface area contributed by atoms with E-state index in [-0.39, 0.29) is 30.9 Å². The molecule has 1 aromatic heterocycles. The van der Waals surface area contributed by atoms with Crippen molar-refractivity contribution in [3.8, 4) is 0 Å². The molecular formula is C15H16F2N4O2. The first-order valence-corrected chi connectivity index (χ1v) is 7.31. The molecule has 1 amide bonds. The zero-order chi connectivity index (χ0) is 16.4. The second kappa shape index (κ2) is 6.41. The number of halogens is 2. The molecule has 1 aliphatic heterocycles. The molecule has 1 saturated heterocycles. The summed E-state index contributed by atoms with van der Waals surface area (Å²) in [5.41, 5.74) is 0.0932. The summed E-state index contributed by atoms with van der Waals surface area (Å²) in [5.74, 6) is -1.40. The van der Waals surface area contributed by atoms with Crippen LogP contribution in [-0.2, 0) is 11.3 Å². The van der Waals surface area contributed by atoms with Gasteiger partial charge in [-0.15, -0.1) is 5.10 Å². The summed E-state index contributed by atoms with van der Waals surface area (Å²) in [6.45, 7) is 0.445. The van der Waals surface area contributed by atoms with Crippen LogP contribution in [0.3, 0.4) is 0 Å². The summed E-state index contributed by atoms with van der Waals surface area (Å²) < 4.78 is 28.9. The minimum absolute atomic E-state index is 0.0932. The number of carbonyl (C=O) groups is 1. The molecule has 2 heterocycles. The maximum atomic E-state index is 14.0. The minimum Gasteiger partial charge on any atom is -0.391 e. The molecule has 3 rings (SSSR count). The van der Waals surface area contributed by atoms with Crippen LogP contribution in [0.5, 0.6) is 0 Å². The van der Waals surface area contributed by atoms with Gasteiger partial charge in [0.2, 0.25) is 5.91 Å². The highest BCUT2D eigenvalue weighted by Crippen LogP contribution is 2.34. The molecule has 122 valence electrons. The van der Waals surface area contributed by atoms with Crippen molar-refractivity contribution in [1.82, 2.24) is 19.9 Å². The average Bonchev–Trinajstić information content (AvgIpc) is 3.16. The van der Waals surface area contributed by atoms with Gasteiger partial charge in [-0.2, -0.15) is 0 Å². The van der Waals surface area contributed by atoms with Crippen molar-refractivity contribution in [2.75, 3.05) is 6.54 Å². The molecule has 2 unspecified atom stereocenters. The van der Waals surface area contributed by atoms with Crippen LogP contribution < -0.4 is 0 Å². The van der Waals surface area contributed by atoms with Gasteiger partial charge in [0.05, 0.1) is 24.9 Å². The molecule has 0 spiro atoms. The molecular weight excluding hydrogens is 306 g/mol. The third kappa shape index (κ3) is 3.37. The maximum Gasteiger partial charge on any atom is 0.225 e. The van der Waals surface area contributed by atoms with Gasteiger partial charge in [-0.1, -0.05) is 5.21 Å². The van der Waals surface area contributed by atoms with E-state index in [4.69, 9.17) is 0 Å². The van der Waals surface area contributed by atoms with Gasteiger partial charge in [0.25, 0.3) is 0 Å². The van der Waals surface area contributed by atoms with Gasteiger partial charge in [0.1, 0.15) is 11.6 Å². The van der Waals surface area contributed by atoms with E-state index in [2.05, 4.69) is 10.3 Å². The third-order valence-corrected chi connectivity index (χ3v) is 3.94. The fourth-order valence-corrected chi connectivity index (χ4v) is 2.86. The Bertz CT molecular complexity index is 693. The van der Waals surface area contributed by atoms with E-state index in [1.807, 2.05) is 0 Å². The second-order valence-corrected chi connectivity index (χ2v) is 5.53. The van der Waals surface area contributed by atoms with Gasteiger partial charge >= 0.3 is 0 Å². The number of carbonyl (C=O) groups excluding carboxylic acids is 1. The lowest BCUT2D eigenvalue weighted by Gasteiger charge is -2.25. The van der Waals surface area contributed by atoms with Gasteiger partial charge in [-0.25, -0.2) is 8.78 Å². The Hall–Kier alpha value is -2.35. The predicted octanol–water partition coefficient (Wildman–Crippen LogP) is 1.28. The number of aryl methyl sites for hydroxylation is 1. The second-order valence-electron chi connectivity index (χ2n) is 5.53. The standard InChI is InChI=1S/C15H16F2N4O2/c16-10-1-2-13(17)12(7-10)14-8-11(22)9-21(14)15(23)3-5-20-6-4-18-19-20/h1-2,4,6-7,11,14,22H,3,5,8-9H2. The highest BCUT2D eigenvalue weighted by Gasteiger charge is 2.36. The number of amides is 1. The number of aliphatic hydroxyl groups excluding tert-OH is 1. The van der Waals surface area contributed by atoms with E-state index in [1.54, 1.807) is 6.20 Å². The molecule has 1 fully saturated rings. The van der Waals surface area contributed by atoms with Crippen LogP contribution in [0.1, 0.15) is 24.4 Å². The Morgan fingerprint density at radius 3 is 2.96 bits per heavy atom. The number of hydrogen-bond donors (Lipinski definition) is 1. The Morgan fingerprint density at radius 1 is 1.39 bits per heavy atom. The van der Waals surface area contributed by atoms with E-state index in [1.165, 1.54) is 15.8 Å². The fraction of sp³-hybridized carbons (Fsp3) is 0.400. The number of likely N-dealkylation sites (tertiary alicyclic amines) is 1. The van der Waals surface area contributed by atoms with E-state index < -0.39 is 23.8 Å². The molecule has 6 nitrogen and oxygen atoms in total. The number of rotatable bonds is 4. The molecule has 1 aliphatic rings. The molecule has 0 bridgehead atoms. The molecule has 2 atom stereocenters. The number of aliphatic hydroxyl groups is 1. The van der Waals surface area contributed by atoms with Gasteiger partial charge < -0.3 is 10.0 Å². The van der Waals surface area contributed by atoms with Crippen molar-refractivity contribution in [3.63, 3.8) is 0 Å². The van der Waals surface area contributed by atoms with Crippen molar-refractivity contribution in [2.24, 2.45) is 0 Å². The molecule has 1 aromatic carbocycles. The molecule has 0 radical (unpaired) electrons. The van der Waals surface area contributed by atoms with E-state index in [0.717, 1.165) is 18.2 Å². The summed E-state index contributed by atoms with van der Waals surface area (Å²) in [6.07, 6.45) is 2.72. The lowest BCUT2D eigenvalue weighted by Crippen LogP contribution is -2.32. The average molecular weight is 322 g/mol. The fourth-order valence-electron chi connectivity index (χ4n) is 2.86. The van der Waals surface area contributed by atoms with Crippen LogP contribution in [0.15, 0.2) is 30.6 Å². The molecule has 0 aliphatic carbocycles. The van der Waals surface area contributed by atoms with Crippen molar-refractivity contribution < 1.29 is 18.7 Å². The molecule has 23 heavy (non-hydrogen) atoms. The van der Waals surface area contributed by atoms with Crippen LogP contribution in [0.2, 0.25) is 0 Å². The summed E-state index contributed by atoms with van der Waals surface area (Å²) in [4.78, 5) is 13.8. The number of nitrogens with zero attached hydrogens (tertiary/aromatic N) is 4. The monoisotopic (exact) mass is 322 g/mol. The molecule has 1 N–H and O–H groups in total. The van der Waals surface area contributed by atoms with Gasteiger partial charge in [-0.3, -0.25) is 9.48 Å². The van der Waals surface area contributed by atoms with Crippen molar-refractivity contribution in [3.05, 3.63) is 47.8 Å². The summed E-state index contributed by atoms with van der Waals surface area (Å²) >= 11 is 0. The minimum atomic E-state index is -0.752. The molecule has 2 aromatic rings. The predicted molar refractivity (Wildman–Crippen MR) is 76.1 cm³/mol. The number of benzene rings is 1. The normalized spacial score (nSPS) is 20.9. The first-order chi connectivity index (χ1) is 11.0. The maximum absolute atomic E-state index is 14.0. The quantitative estimate of drug-likeness (QED) is 0.920. The van der Waals surface area contributed by atoms with Crippen molar-refractivity contribution in [1.29, 1.82) is 0 Å². The van der Waals surface area contributed by atoms with E-state index in [0.29, 0.717) is 6.54 Å². The Kier molecular flexibility index (Phi) is 4.33. The largest absolute Gasteiger partial charge is 0.391 e. The molecule has 8 heteroatoms. The highest BCUT2D eigenvalue weighted by atomic mass is 19.1. The molecule has 0 saturated carbocycles.